The molecule has 0 aliphatic carbocycles. The van der Waals surface area contributed by atoms with E-state index < -0.39 is 10.0 Å². The SMILES string of the molecule is CC#CCOc1ccc(S(=O)(=O)N(CCC(C)Cl)C(CN)CCCCCCN)cc1. The van der Waals surface area contributed by atoms with E-state index in [1.807, 2.05) is 6.92 Å². The smallest absolute Gasteiger partial charge is 0.243 e. The van der Waals surface area contributed by atoms with Gasteiger partial charge < -0.3 is 16.2 Å². The molecule has 2 unspecified atom stereocenters. The third-order valence-electron chi connectivity index (χ3n) is 4.84. The molecule has 0 saturated heterocycles. The molecule has 1 aromatic carbocycles. The lowest BCUT2D eigenvalue weighted by molar-refractivity contribution is 0.298. The van der Waals surface area contributed by atoms with Crippen LogP contribution in [0.5, 0.6) is 5.75 Å². The van der Waals surface area contributed by atoms with E-state index in [1.165, 1.54) is 4.31 Å². The first-order valence-electron chi connectivity index (χ1n) is 10.5. The Morgan fingerprint density at radius 2 is 1.77 bits per heavy atom. The van der Waals surface area contributed by atoms with Crippen LogP contribution >= 0.6 is 11.6 Å². The number of nitrogens with zero attached hydrogens (tertiary/aromatic N) is 1. The molecular formula is C22H36ClN3O3S. The van der Waals surface area contributed by atoms with Crippen molar-refractivity contribution in [3.05, 3.63) is 24.3 Å². The van der Waals surface area contributed by atoms with E-state index >= 15 is 0 Å². The molecule has 0 aliphatic heterocycles. The summed E-state index contributed by atoms with van der Waals surface area (Å²) in [5, 5.41) is -0.124. The molecule has 170 valence electrons. The summed E-state index contributed by atoms with van der Waals surface area (Å²) in [5.41, 5.74) is 11.5. The molecule has 0 aromatic heterocycles. The monoisotopic (exact) mass is 457 g/mol. The van der Waals surface area contributed by atoms with Crippen molar-refractivity contribution in [1.82, 2.24) is 4.31 Å². The number of hydrogen-bond donors (Lipinski definition) is 2. The van der Waals surface area contributed by atoms with Crippen molar-refractivity contribution in [2.45, 2.75) is 68.7 Å². The number of unbranched alkanes of at least 4 members (excludes halogenated alkanes) is 3. The fourth-order valence-electron chi connectivity index (χ4n) is 3.10. The summed E-state index contributed by atoms with van der Waals surface area (Å²) in [6.07, 6.45) is 5.23. The first-order chi connectivity index (χ1) is 14.4. The third kappa shape index (κ3) is 9.23. The lowest BCUT2D eigenvalue weighted by Gasteiger charge is -2.30. The number of rotatable bonds is 15. The fraction of sp³-hybridized carbons (Fsp3) is 0.636. The number of benzene rings is 1. The summed E-state index contributed by atoms with van der Waals surface area (Å²) in [7, 11) is -3.71. The van der Waals surface area contributed by atoms with Gasteiger partial charge in [0, 0.05) is 24.5 Å². The van der Waals surface area contributed by atoms with Crippen LogP contribution in [0, 0.1) is 11.8 Å². The summed E-state index contributed by atoms with van der Waals surface area (Å²) < 4.78 is 33.8. The normalized spacial score (nSPS) is 13.5. The highest BCUT2D eigenvalue weighted by Crippen LogP contribution is 2.24. The van der Waals surface area contributed by atoms with Crippen molar-refractivity contribution in [2.75, 3.05) is 26.2 Å². The second-order valence-electron chi connectivity index (χ2n) is 7.25. The molecule has 1 rings (SSSR count). The van der Waals surface area contributed by atoms with Crippen LogP contribution in [0.2, 0.25) is 0 Å². The van der Waals surface area contributed by atoms with Gasteiger partial charge in [-0.15, -0.1) is 17.5 Å². The van der Waals surface area contributed by atoms with Gasteiger partial charge in [-0.2, -0.15) is 4.31 Å². The lowest BCUT2D eigenvalue weighted by Crippen LogP contribution is -2.45. The van der Waals surface area contributed by atoms with E-state index in [0.717, 1.165) is 25.7 Å². The zero-order chi connectivity index (χ0) is 22.4. The van der Waals surface area contributed by atoms with Gasteiger partial charge in [-0.3, -0.25) is 0 Å². The van der Waals surface area contributed by atoms with Crippen LogP contribution in [-0.4, -0.2) is 50.4 Å². The second-order valence-corrected chi connectivity index (χ2v) is 9.89. The Bertz CT molecular complexity index is 758. The highest BCUT2D eigenvalue weighted by molar-refractivity contribution is 7.89. The molecule has 0 radical (unpaired) electrons. The Morgan fingerprint density at radius 1 is 1.10 bits per heavy atom. The Morgan fingerprint density at radius 3 is 2.33 bits per heavy atom. The number of nitrogens with two attached hydrogens (primary N) is 2. The van der Waals surface area contributed by atoms with Gasteiger partial charge >= 0.3 is 0 Å². The van der Waals surface area contributed by atoms with Crippen molar-refractivity contribution in [2.24, 2.45) is 11.5 Å². The van der Waals surface area contributed by atoms with Gasteiger partial charge in [0.15, 0.2) is 0 Å². The molecule has 0 bridgehead atoms. The highest BCUT2D eigenvalue weighted by atomic mass is 35.5. The van der Waals surface area contributed by atoms with E-state index in [1.54, 1.807) is 31.2 Å². The number of hydrogen-bond acceptors (Lipinski definition) is 5. The lowest BCUT2D eigenvalue weighted by atomic mass is 10.1. The molecule has 0 heterocycles. The van der Waals surface area contributed by atoms with Gasteiger partial charge in [0.1, 0.15) is 12.4 Å². The Kier molecular flexibility index (Phi) is 13.1. The standard InChI is InChI=1S/C22H36ClN3O3S/c1-3-4-17-29-21-10-12-22(13-11-21)30(27,28)26(16-14-19(2)23)20(18-25)9-7-5-6-8-15-24/h10-13,19-20H,5-9,14-18,24-25H2,1-2H3. The van der Waals surface area contributed by atoms with Crippen LogP contribution in [0.15, 0.2) is 29.2 Å². The van der Waals surface area contributed by atoms with Crippen molar-refractivity contribution in [3.8, 4) is 17.6 Å². The van der Waals surface area contributed by atoms with Crippen molar-refractivity contribution in [3.63, 3.8) is 0 Å². The summed E-state index contributed by atoms with van der Waals surface area (Å²) >= 11 is 6.12. The Balaban J connectivity index is 2.97. The zero-order valence-electron chi connectivity index (χ0n) is 18.1. The number of halogens is 1. The Hall–Kier alpha value is -1.30. The van der Waals surface area contributed by atoms with Gasteiger partial charge in [-0.25, -0.2) is 8.42 Å². The maximum atomic E-state index is 13.4. The molecule has 0 amide bonds. The summed E-state index contributed by atoms with van der Waals surface area (Å²) in [4.78, 5) is 0.222. The van der Waals surface area contributed by atoms with Crippen LogP contribution in [0.3, 0.4) is 0 Å². The fourth-order valence-corrected chi connectivity index (χ4v) is 4.87. The summed E-state index contributed by atoms with van der Waals surface area (Å²) in [6, 6.07) is 6.17. The number of ether oxygens (including phenoxy) is 1. The minimum Gasteiger partial charge on any atom is -0.481 e. The first-order valence-corrected chi connectivity index (χ1v) is 12.4. The minimum atomic E-state index is -3.71. The molecular weight excluding hydrogens is 422 g/mol. The number of alkyl halides is 1. The van der Waals surface area contributed by atoms with Crippen molar-refractivity contribution >= 4 is 21.6 Å². The van der Waals surface area contributed by atoms with Crippen LogP contribution in [-0.2, 0) is 10.0 Å². The van der Waals surface area contributed by atoms with E-state index in [-0.39, 0.29) is 29.5 Å². The largest absolute Gasteiger partial charge is 0.481 e. The Labute approximate surface area is 187 Å². The van der Waals surface area contributed by atoms with Crippen LogP contribution in [0.25, 0.3) is 0 Å². The van der Waals surface area contributed by atoms with E-state index in [2.05, 4.69) is 11.8 Å². The number of sulfonamides is 1. The molecule has 8 heteroatoms. The maximum Gasteiger partial charge on any atom is 0.243 e. The van der Waals surface area contributed by atoms with Gasteiger partial charge in [0.25, 0.3) is 0 Å². The molecule has 30 heavy (non-hydrogen) atoms. The topological polar surface area (TPSA) is 98.7 Å². The highest BCUT2D eigenvalue weighted by Gasteiger charge is 2.30. The molecule has 0 aliphatic rings. The van der Waals surface area contributed by atoms with E-state index in [9.17, 15) is 8.42 Å². The minimum absolute atomic E-state index is 0.124. The molecule has 6 nitrogen and oxygen atoms in total. The third-order valence-corrected chi connectivity index (χ3v) is 7.02. The quantitative estimate of drug-likeness (QED) is 0.239. The van der Waals surface area contributed by atoms with Gasteiger partial charge in [-0.05, 0) is 63.9 Å². The maximum absolute atomic E-state index is 13.4. The van der Waals surface area contributed by atoms with Gasteiger partial charge in [0.2, 0.25) is 10.0 Å². The predicted molar refractivity (Wildman–Crippen MR) is 124 cm³/mol. The van der Waals surface area contributed by atoms with Crippen molar-refractivity contribution < 1.29 is 13.2 Å². The molecule has 4 N–H and O–H groups in total. The summed E-state index contributed by atoms with van der Waals surface area (Å²) in [6.45, 7) is 5.15. The molecule has 2 atom stereocenters. The van der Waals surface area contributed by atoms with Crippen LogP contribution in [0.1, 0.15) is 52.4 Å². The average Bonchev–Trinajstić information content (AvgIpc) is 2.72. The summed E-state index contributed by atoms with van der Waals surface area (Å²) in [5.74, 6) is 6.14. The van der Waals surface area contributed by atoms with Crippen LogP contribution < -0.4 is 16.2 Å². The van der Waals surface area contributed by atoms with Gasteiger partial charge in [0.05, 0.1) is 4.90 Å². The molecule has 0 saturated carbocycles. The molecule has 0 spiro atoms. The first kappa shape index (κ1) is 26.7. The van der Waals surface area contributed by atoms with E-state index in [0.29, 0.717) is 31.7 Å². The van der Waals surface area contributed by atoms with Crippen LogP contribution in [0.4, 0.5) is 0 Å². The van der Waals surface area contributed by atoms with Gasteiger partial charge in [-0.1, -0.05) is 25.2 Å². The molecule has 0 fully saturated rings. The average molecular weight is 458 g/mol. The zero-order valence-corrected chi connectivity index (χ0v) is 19.7. The predicted octanol–water partition coefficient (Wildman–Crippen LogP) is 3.33. The second kappa shape index (κ2) is 14.7. The van der Waals surface area contributed by atoms with Crippen molar-refractivity contribution in [1.29, 1.82) is 0 Å². The van der Waals surface area contributed by atoms with E-state index in [4.69, 9.17) is 27.8 Å². The molecule has 1 aromatic rings.